The first-order chi connectivity index (χ1) is 15.4. The lowest BCUT2D eigenvalue weighted by molar-refractivity contribution is 0.001000. The summed E-state index contributed by atoms with van der Waals surface area (Å²) in [6.45, 7) is 9.71. The van der Waals surface area contributed by atoms with E-state index < -0.39 is 0 Å². The molecule has 32 heavy (non-hydrogen) atoms. The SMILES string of the molecule is CN1CC(N2CC(c3ccc4c(c3)N(C(=O)NCCc3ccccc3)C(C)(C)CC4)C2)C1. The minimum absolute atomic E-state index is 0.0248. The largest absolute Gasteiger partial charge is 0.337 e. The summed E-state index contributed by atoms with van der Waals surface area (Å²) in [4.78, 5) is 20.4. The molecule has 0 aliphatic carbocycles. The van der Waals surface area contributed by atoms with Crippen molar-refractivity contribution in [2.45, 2.75) is 50.6 Å². The highest BCUT2D eigenvalue weighted by molar-refractivity contribution is 5.95. The Morgan fingerprint density at radius 1 is 1.06 bits per heavy atom. The van der Waals surface area contributed by atoms with Crippen molar-refractivity contribution in [1.29, 1.82) is 0 Å². The van der Waals surface area contributed by atoms with Crippen molar-refractivity contribution in [2.75, 3.05) is 44.7 Å². The number of likely N-dealkylation sites (N-methyl/N-ethyl adjacent to an activating group) is 1. The number of aryl methyl sites for hydroxylation is 1. The van der Waals surface area contributed by atoms with E-state index in [2.05, 4.69) is 66.3 Å². The van der Waals surface area contributed by atoms with Gasteiger partial charge < -0.3 is 10.2 Å². The van der Waals surface area contributed by atoms with Gasteiger partial charge in [-0.05, 0) is 62.9 Å². The van der Waals surface area contributed by atoms with Gasteiger partial charge in [0, 0.05) is 55.9 Å². The molecule has 2 aromatic carbocycles. The van der Waals surface area contributed by atoms with Crippen LogP contribution in [0, 0.1) is 0 Å². The van der Waals surface area contributed by atoms with E-state index in [0.717, 1.165) is 44.1 Å². The number of hydrogen-bond donors (Lipinski definition) is 1. The molecule has 0 unspecified atom stereocenters. The molecule has 3 heterocycles. The first-order valence-electron chi connectivity index (χ1n) is 12.1. The van der Waals surface area contributed by atoms with Crippen molar-refractivity contribution >= 4 is 11.7 Å². The summed E-state index contributed by atoms with van der Waals surface area (Å²) in [5.41, 5.74) is 4.85. The van der Waals surface area contributed by atoms with Crippen molar-refractivity contribution < 1.29 is 4.79 Å². The number of hydrogen-bond acceptors (Lipinski definition) is 3. The molecule has 5 heteroatoms. The summed E-state index contributed by atoms with van der Waals surface area (Å²) < 4.78 is 0. The summed E-state index contributed by atoms with van der Waals surface area (Å²) in [5, 5.41) is 3.19. The molecule has 3 aliphatic rings. The van der Waals surface area contributed by atoms with Crippen molar-refractivity contribution in [2.24, 2.45) is 0 Å². The molecule has 2 aromatic rings. The van der Waals surface area contributed by atoms with E-state index in [0.29, 0.717) is 12.5 Å². The van der Waals surface area contributed by atoms with Crippen LogP contribution in [0.15, 0.2) is 48.5 Å². The number of nitrogens with zero attached hydrogens (tertiary/aromatic N) is 3. The monoisotopic (exact) mass is 432 g/mol. The summed E-state index contributed by atoms with van der Waals surface area (Å²) >= 11 is 0. The molecule has 2 amide bonds. The second-order valence-corrected chi connectivity index (χ2v) is 10.5. The van der Waals surface area contributed by atoms with Gasteiger partial charge in [-0.1, -0.05) is 42.5 Å². The van der Waals surface area contributed by atoms with Gasteiger partial charge in [0.25, 0.3) is 0 Å². The minimum atomic E-state index is -0.190. The highest BCUT2D eigenvalue weighted by Gasteiger charge is 2.40. The number of likely N-dealkylation sites (tertiary alicyclic amines) is 2. The third kappa shape index (κ3) is 4.16. The molecule has 0 bridgehead atoms. The van der Waals surface area contributed by atoms with Gasteiger partial charge >= 0.3 is 6.03 Å². The zero-order valence-corrected chi connectivity index (χ0v) is 19.7. The summed E-state index contributed by atoms with van der Waals surface area (Å²) in [5.74, 6) is 0.583. The standard InChI is InChI=1S/C27H36N4O/c1-27(2)13-11-21-9-10-22(23-16-30(17-23)24-18-29(3)19-24)15-25(21)31(27)26(32)28-14-12-20-7-5-4-6-8-20/h4-10,15,23-24H,11-14,16-19H2,1-3H3,(H,28,32). The minimum Gasteiger partial charge on any atom is -0.337 e. The van der Waals surface area contributed by atoms with Crippen LogP contribution >= 0.6 is 0 Å². The third-order valence-corrected chi connectivity index (χ3v) is 7.64. The van der Waals surface area contributed by atoms with Crippen molar-refractivity contribution in [1.82, 2.24) is 15.1 Å². The Hall–Kier alpha value is -2.37. The molecule has 2 saturated heterocycles. The van der Waals surface area contributed by atoms with E-state index in [1.165, 1.54) is 29.8 Å². The predicted molar refractivity (Wildman–Crippen MR) is 130 cm³/mol. The Morgan fingerprint density at radius 3 is 2.53 bits per heavy atom. The van der Waals surface area contributed by atoms with Crippen LogP contribution in [-0.4, -0.2) is 67.2 Å². The molecule has 1 N–H and O–H groups in total. The Balaban J connectivity index is 1.28. The predicted octanol–water partition coefficient (Wildman–Crippen LogP) is 3.88. The number of carbonyl (C=O) groups is 1. The highest BCUT2D eigenvalue weighted by Crippen LogP contribution is 2.40. The number of rotatable bonds is 5. The average molecular weight is 433 g/mol. The van der Waals surface area contributed by atoms with Crippen molar-refractivity contribution in [3.63, 3.8) is 0 Å². The van der Waals surface area contributed by atoms with Crippen LogP contribution < -0.4 is 10.2 Å². The molecule has 2 fully saturated rings. The van der Waals surface area contributed by atoms with Gasteiger partial charge in [0.05, 0.1) is 0 Å². The maximum absolute atomic E-state index is 13.4. The molecule has 5 nitrogen and oxygen atoms in total. The second kappa shape index (κ2) is 8.53. The zero-order chi connectivity index (χ0) is 22.3. The molecule has 170 valence electrons. The van der Waals surface area contributed by atoms with Crippen LogP contribution in [0.5, 0.6) is 0 Å². The van der Waals surface area contributed by atoms with Crippen LogP contribution in [0.1, 0.15) is 42.9 Å². The fraction of sp³-hybridized carbons (Fsp3) is 0.519. The molecule has 0 atom stereocenters. The first kappa shape index (κ1) is 21.5. The van der Waals surface area contributed by atoms with Crippen molar-refractivity contribution in [3.8, 4) is 0 Å². The van der Waals surface area contributed by atoms with E-state index in [-0.39, 0.29) is 11.6 Å². The third-order valence-electron chi connectivity index (χ3n) is 7.64. The lowest BCUT2D eigenvalue weighted by Crippen LogP contribution is -2.63. The van der Waals surface area contributed by atoms with Crippen LogP contribution in [0.2, 0.25) is 0 Å². The number of fused-ring (bicyclic) bond motifs is 1. The number of amides is 2. The van der Waals surface area contributed by atoms with Gasteiger partial charge in [0.15, 0.2) is 0 Å². The van der Waals surface area contributed by atoms with Gasteiger partial charge in [0.2, 0.25) is 0 Å². The summed E-state index contributed by atoms with van der Waals surface area (Å²) in [6, 6.07) is 18.0. The Labute approximate surface area is 192 Å². The Bertz CT molecular complexity index is 961. The normalized spacial score (nSPS) is 21.5. The quantitative estimate of drug-likeness (QED) is 0.779. The van der Waals surface area contributed by atoms with Gasteiger partial charge in [-0.25, -0.2) is 4.79 Å². The Morgan fingerprint density at radius 2 is 1.81 bits per heavy atom. The highest BCUT2D eigenvalue weighted by atomic mass is 16.2. The fourth-order valence-corrected chi connectivity index (χ4v) is 5.47. The lowest BCUT2D eigenvalue weighted by Gasteiger charge is -2.51. The van der Waals surface area contributed by atoms with Gasteiger partial charge in [-0.2, -0.15) is 0 Å². The lowest BCUT2D eigenvalue weighted by atomic mass is 9.83. The van der Waals surface area contributed by atoms with E-state index in [9.17, 15) is 4.79 Å². The smallest absolute Gasteiger partial charge is 0.322 e. The summed E-state index contributed by atoms with van der Waals surface area (Å²) in [6.07, 6.45) is 2.86. The zero-order valence-electron chi connectivity index (χ0n) is 19.7. The molecular weight excluding hydrogens is 396 g/mol. The number of anilines is 1. The molecule has 3 aliphatic heterocycles. The number of carbonyl (C=O) groups excluding carboxylic acids is 1. The summed E-state index contributed by atoms with van der Waals surface area (Å²) in [7, 11) is 2.19. The van der Waals surface area contributed by atoms with Crippen LogP contribution in [0.4, 0.5) is 10.5 Å². The van der Waals surface area contributed by atoms with Crippen LogP contribution in [0.3, 0.4) is 0 Å². The van der Waals surface area contributed by atoms with E-state index in [1.807, 2.05) is 23.1 Å². The van der Waals surface area contributed by atoms with Gasteiger partial charge in [-0.3, -0.25) is 9.80 Å². The van der Waals surface area contributed by atoms with E-state index >= 15 is 0 Å². The maximum atomic E-state index is 13.4. The molecule has 5 rings (SSSR count). The van der Waals surface area contributed by atoms with E-state index in [4.69, 9.17) is 0 Å². The van der Waals surface area contributed by atoms with Crippen LogP contribution in [-0.2, 0) is 12.8 Å². The molecule has 0 saturated carbocycles. The van der Waals surface area contributed by atoms with E-state index in [1.54, 1.807) is 0 Å². The Kier molecular flexibility index (Phi) is 5.72. The second-order valence-electron chi connectivity index (χ2n) is 10.5. The molecular formula is C27H36N4O. The molecule has 0 aromatic heterocycles. The number of urea groups is 1. The van der Waals surface area contributed by atoms with Crippen molar-refractivity contribution in [3.05, 3.63) is 65.2 Å². The van der Waals surface area contributed by atoms with Crippen LogP contribution in [0.25, 0.3) is 0 Å². The fourth-order valence-electron chi connectivity index (χ4n) is 5.47. The molecule has 0 radical (unpaired) electrons. The number of nitrogens with one attached hydrogen (secondary N) is 1. The first-order valence-corrected chi connectivity index (χ1v) is 12.1. The van der Waals surface area contributed by atoms with Gasteiger partial charge in [-0.15, -0.1) is 0 Å². The average Bonchev–Trinajstić information content (AvgIpc) is 2.71. The topological polar surface area (TPSA) is 38.8 Å². The molecule has 0 spiro atoms. The van der Waals surface area contributed by atoms with Gasteiger partial charge in [0.1, 0.15) is 0 Å². The maximum Gasteiger partial charge on any atom is 0.322 e. The number of benzene rings is 2.